The standard InChI is InChI=1S/C6H4Br2N2O2/c1-3-4(7)2-5(10(11)12)6(8)9-3/h2H,1H3. The molecule has 0 fully saturated rings. The van der Waals surface area contributed by atoms with E-state index in [-0.39, 0.29) is 10.3 Å². The average molecular weight is 296 g/mol. The van der Waals surface area contributed by atoms with E-state index in [1.165, 1.54) is 6.07 Å². The van der Waals surface area contributed by atoms with E-state index in [4.69, 9.17) is 0 Å². The zero-order valence-electron chi connectivity index (χ0n) is 6.04. The molecule has 1 aromatic heterocycles. The van der Waals surface area contributed by atoms with Gasteiger partial charge < -0.3 is 0 Å². The number of aromatic nitrogens is 1. The fourth-order valence-electron chi connectivity index (χ4n) is 0.670. The number of aryl methyl sites for hydroxylation is 1. The third kappa shape index (κ3) is 1.81. The Kier molecular flexibility index (Phi) is 2.79. The van der Waals surface area contributed by atoms with Crippen molar-refractivity contribution in [1.29, 1.82) is 0 Å². The van der Waals surface area contributed by atoms with Crippen LogP contribution in [0.2, 0.25) is 0 Å². The number of hydrogen-bond acceptors (Lipinski definition) is 3. The number of pyridine rings is 1. The number of nitrogens with zero attached hydrogens (tertiary/aromatic N) is 2. The second-order valence-corrected chi connectivity index (χ2v) is 3.73. The first-order chi connectivity index (χ1) is 5.52. The topological polar surface area (TPSA) is 56.0 Å². The lowest BCUT2D eigenvalue weighted by molar-refractivity contribution is -0.386. The minimum absolute atomic E-state index is 0.0347. The van der Waals surface area contributed by atoms with Crippen molar-refractivity contribution in [1.82, 2.24) is 4.98 Å². The van der Waals surface area contributed by atoms with Gasteiger partial charge in [0.1, 0.15) is 0 Å². The van der Waals surface area contributed by atoms with Crippen LogP contribution in [0.15, 0.2) is 15.1 Å². The van der Waals surface area contributed by atoms with Crippen molar-refractivity contribution < 1.29 is 4.92 Å². The highest BCUT2D eigenvalue weighted by Gasteiger charge is 2.14. The average Bonchev–Trinajstić information content (AvgIpc) is 1.96. The van der Waals surface area contributed by atoms with Crippen LogP contribution in [-0.4, -0.2) is 9.91 Å². The van der Waals surface area contributed by atoms with Crippen molar-refractivity contribution in [2.45, 2.75) is 6.92 Å². The van der Waals surface area contributed by atoms with Gasteiger partial charge >= 0.3 is 5.69 Å². The van der Waals surface area contributed by atoms with Crippen LogP contribution in [0, 0.1) is 17.0 Å². The molecule has 0 radical (unpaired) electrons. The zero-order valence-corrected chi connectivity index (χ0v) is 9.22. The SMILES string of the molecule is Cc1nc(Br)c([N+](=O)[O-])cc1Br. The molecular weight excluding hydrogens is 292 g/mol. The zero-order chi connectivity index (χ0) is 9.30. The number of halogens is 2. The third-order valence-corrected chi connectivity index (χ3v) is 2.67. The van der Waals surface area contributed by atoms with Crippen molar-refractivity contribution in [3.05, 3.63) is 31.0 Å². The molecule has 0 aliphatic rings. The molecule has 64 valence electrons. The van der Waals surface area contributed by atoms with Crippen molar-refractivity contribution in [3.63, 3.8) is 0 Å². The monoisotopic (exact) mass is 294 g/mol. The van der Waals surface area contributed by atoms with Gasteiger partial charge in [0.05, 0.1) is 10.6 Å². The van der Waals surface area contributed by atoms with Crippen molar-refractivity contribution in [2.75, 3.05) is 0 Å². The van der Waals surface area contributed by atoms with Gasteiger partial charge in [-0.3, -0.25) is 10.1 Å². The lowest BCUT2D eigenvalue weighted by atomic mass is 10.3. The molecule has 12 heavy (non-hydrogen) atoms. The van der Waals surface area contributed by atoms with Crippen LogP contribution in [-0.2, 0) is 0 Å². The molecule has 0 saturated carbocycles. The quantitative estimate of drug-likeness (QED) is 0.455. The van der Waals surface area contributed by atoms with Crippen LogP contribution >= 0.6 is 31.9 Å². The summed E-state index contributed by atoms with van der Waals surface area (Å²) in [6.45, 7) is 1.76. The molecule has 0 atom stereocenters. The molecule has 0 spiro atoms. The predicted molar refractivity (Wildman–Crippen MR) is 51.0 cm³/mol. The Balaban J connectivity index is 3.33. The van der Waals surface area contributed by atoms with Crippen molar-refractivity contribution in [3.8, 4) is 0 Å². The first-order valence-electron chi connectivity index (χ1n) is 2.99. The predicted octanol–water partition coefficient (Wildman–Crippen LogP) is 2.82. The summed E-state index contributed by atoms with van der Waals surface area (Å²) in [5, 5.41) is 10.4. The van der Waals surface area contributed by atoms with Gasteiger partial charge in [-0.2, -0.15) is 0 Å². The molecule has 0 bridgehead atoms. The fourth-order valence-corrected chi connectivity index (χ4v) is 1.50. The third-order valence-electron chi connectivity index (χ3n) is 1.28. The van der Waals surface area contributed by atoms with Gasteiger partial charge in [-0.05, 0) is 38.8 Å². The van der Waals surface area contributed by atoms with E-state index in [2.05, 4.69) is 36.8 Å². The van der Waals surface area contributed by atoms with Gasteiger partial charge in [0.25, 0.3) is 0 Å². The van der Waals surface area contributed by atoms with Crippen LogP contribution in [0.5, 0.6) is 0 Å². The maximum absolute atomic E-state index is 10.4. The minimum atomic E-state index is -0.485. The molecule has 0 aromatic carbocycles. The summed E-state index contributed by atoms with van der Waals surface area (Å²) in [7, 11) is 0. The Morgan fingerprint density at radius 2 is 2.17 bits per heavy atom. The van der Waals surface area contributed by atoms with Gasteiger partial charge in [0, 0.05) is 10.5 Å². The fraction of sp³-hybridized carbons (Fsp3) is 0.167. The van der Waals surface area contributed by atoms with E-state index < -0.39 is 4.92 Å². The highest BCUT2D eigenvalue weighted by Crippen LogP contribution is 2.27. The van der Waals surface area contributed by atoms with Gasteiger partial charge in [-0.15, -0.1) is 0 Å². The van der Waals surface area contributed by atoms with Crippen LogP contribution in [0.4, 0.5) is 5.69 Å². The maximum atomic E-state index is 10.4. The Morgan fingerprint density at radius 1 is 1.58 bits per heavy atom. The van der Waals surface area contributed by atoms with E-state index in [1.807, 2.05) is 0 Å². The van der Waals surface area contributed by atoms with Gasteiger partial charge in [-0.1, -0.05) is 0 Å². The van der Waals surface area contributed by atoms with Crippen LogP contribution < -0.4 is 0 Å². The molecule has 0 N–H and O–H groups in total. The molecule has 6 heteroatoms. The lowest BCUT2D eigenvalue weighted by Gasteiger charge is -1.98. The highest BCUT2D eigenvalue weighted by molar-refractivity contribution is 9.11. The molecule has 1 heterocycles. The minimum Gasteiger partial charge on any atom is -0.258 e. The molecular formula is C6H4Br2N2O2. The molecule has 1 rings (SSSR count). The van der Waals surface area contributed by atoms with Crippen LogP contribution in [0.3, 0.4) is 0 Å². The van der Waals surface area contributed by atoms with E-state index in [0.29, 0.717) is 10.2 Å². The first-order valence-corrected chi connectivity index (χ1v) is 4.58. The van der Waals surface area contributed by atoms with E-state index in [0.717, 1.165) is 0 Å². The normalized spacial score (nSPS) is 9.92. The molecule has 0 aliphatic heterocycles. The largest absolute Gasteiger partial charge is 0.303 e. The molecule has 0 aliphatic carbocycles. The summed E-state index contributed by atoms with van der Waals surface area (Å²) in [6.07, 6.45) is 0. The van der Waals surface area contributed by atoms with E-state index in [1.54, 1.807) is 6.92 Å². The van der Waals surface area contributed by atoms with Crippen molar-refractivity contribution in [2.24, 2.45) is 0 Å². The summed E-state index contributed by atoms with van der Waals surface area (Å²) in [5.74, 6) is 0. The summed E-state index contributed by atoms with van der Waals surface area (Å²) in [5.41, 5.74) is 0.681. The Hall–Kier alpha value is -0.490. The van der Waals surface area contributed by atoms with Gasteiger partial charge in [0.15, 0.2) is 4.60 Å². The Morgan fingerprint density at radius 3 is 2.67 bits per heavy atom. The number of hydrogen-bond donors (Lipinski definition) is 0. The van der Waals surface area contributed by atoms with Gasteiger partial charge in [-0.25, -0.2) is 4.98 Å². The molecule has 0 amide bonds. The van der Waals surface area contributed by atoms with Crippen LogP contribution in [0.1, 0.15) is 5.69 Å². The molecule has 4 nitrogen and oxygen atoms in total. The lowest BCUT2D eigenvalue weighted by Crippen LogP contribution is -1.93. The molecule has 1 aromatic rings. The van der Waals surface area contributed by atoms with Crippen molar-refractivity contribution >= 4 is 37.5 Å². The Labute approximate surface area is 85.4 Å². The molecule has 0 unspecified atom stereocenters. The Bertz CT molecular complexity index is 341. The highest BCUT2D eigenvalue weighted by atomic mass is 79.9. The van der Waals surface area contributed by atoms with E-state index in [9.17, 15) is 10.1 Å². The summed E-state index contributed by atoms with van der Waals surface area (Å²) in [4.78, 5) is 13.8. The summed E-state index contributed by atoms with van der Waals surface area (Å²) >= 11 is 6.17. The first kappa shape index (κ1) is 9.60. The maximum Gasteiger partial charge on any atom is 0.303 e. The van der Waals surface area contributed by atoms with Crippen LogP contribution in [0.25, 0.3) is 0 Å². The number of rotatable bonds is 1. The summed E-state index contributed by atoms with van der Waals surface area (Å²) in [6, 6.07) is 1.42. The smallest absolute Gasteiger partial charge is 0.258 e. The van der Waals surface area contributed by atoms with E-state index >= 15 is 0 Å². The second-order valence-electron chi connectivity index (χ2n) is 2.12. The second kappa shape index (κ2) is 3.49. The number of nitro groups is 1. The summed E-state index contributed by atoms with van der Waals surface area (Å²) < 4.78 is 0.894. The van der Waals surface area contributed by atoms with Gasteiger partial charge in [0.2, 0.25) is 0 Å². The molecule has 0 saturated heterocycles.